The van der Waals surface area contributed by atoms with Gasteiger partial charge < -0.3 is 16.2 Å². The van der Waals surface area contributed by atoms with E-state index in [1.807, 2.05) is 0 Å². The fourth-order valence-electron chi connectivity index (χ4n) is 2.72. The van der Waals surface area contributed by atoms with Gasteiger partial charge in [-0.25, -0.2) is 0 Å². The van der Waals surface area contributed by atoms with Crippen molar-refractivity contribution < 1.29 is 9.90 Å². The summed E-state index contributed by atoms with van der Waals surface area (Å²) in [7, 11) is 0. The summed E-state index contributed by atoms with van der Waals surface area (Å²) in [6, 6.07) is 4.84. The summed E-state index contributed by atoms with van der Waals surface area (Å²) in [6.07, 6.45) is 6.05. The third-order valence-corrected chi connectivity index (χ3v) is 4.05. The van der Waals surface area contributed by atoms with E-state index in [1.54, 1.807) is 18.2 Å². The van der Waals surface area contributed by atoms with Crippen molar-refractivity contribution in [1.82, 2.24) is 5.32 Å². The molecule has 1 aliphatic carbocycles. The Hall–Kier alpha value is -1.71. The second kappa shape index (κ2) is 5.51. The molecule has 1 aliphatic rings. The van der Waals surface area contributed by atoms with E-state index in [9.17, 15) is 9.90 Å². The lowest BCUT2D eigenvalue weighted by molar-refractivity contribution is 0.0916. The number of nitrogen functional groups attached to an aromatic ring is 1. The molecule has 1 aromatic carbocycles. The Balaban J connectivity index is 1.99. The Bertz CT molecular complexity index is 465. The van der Waals surface area contributed by atoms with Gasteiger partial charge in [-0.2, -0.15) is 0 Å². The van der Waals surface area contributed by atoms with Crippen LogP contribution in [0.25, 0.3) is 0 Å². The maximum Gasteiger partial charge on any atom is 0.255 e. The van der Waals surface area contributed by atoms with Crippen LogP contribution in [0.3, 0.4) is 0 Å². The first-order valence-electron chi connectivity index (χ1n) is 6.87. The van der Waals surface area contributed by atoms with Crippen LogP contribution in [0.5, 0.6) is 5.75 Å². The van der Waals surface area contributed by atoms with Gasteiger partial charge in [0, 0.05) is 6.54 Å². The lowest BCUT2D eigenvalue weighted by atomic mass is 9.76. The second-order valence-corrected chi connectivity index (χ2v) is 5.80. The van der Waals surface area contributed by atoms with Crippen molar-refractivity contribution >= 4 is 11.6 Å². The minimum absolute atomic E-state index is 0.131. The van der Waals surface area contributed by atoms with E-state index in [-0.39, 0.29) is 28.3 Å². The van der Waals surface area contributed by atoms with Crippen LogP contribution in [0.4, 0.5) is 5.69 Å². The van der Waals surface area contributed by atoms with Gasteiger partial charge in [0.1, 0.15) is 0 Å². The number of benzene rings is 1. The SMILES string of the molecule is CC1(CNC(=O)c2cccc(N)c2O)CCCCC1. The van der Waals surface area contributed by atoms with E-state index in [0.29, 0.717) is 6.54 Å². The summed E-state index contributed by atoms with van der Waals surface area (Å²) >= 11 is 0. The molecule has 0 spiro atoms. The van der Waals surface area contributed by atoms with E-state index in [0.717, 1.165) is 12.8 Å². The minimum Gasteiger partial charge on any atom is -0.505 e. The van der Waals surface area contributed by atoms with E-state index >= 15 is 0 Å². The first-order chi connectivity index (χ1) is 9.02. The molecule has 0 atom stereocenters. The van der Waals surface area contributed by atoms with Crippen LogP contribution in [0, 0.1) is 5.41 Å². The molecule has 0 radical (unpaired) electrons. The van der Waals surface area contributed by atoms with Crippen LogP contribution in [-0.2, 0) is 0 Å². The summed E-state index contributed by atoms with van der Waals surface area (Å²) in [5.74, 6) is -0.384. The third-order valence-electron chi connectivity index (χ3n) is 4.05. The number of aromatic hydroxyl groups is 1. The summed E-state index contributed by atoms with van der Waals surface area (Å²) in [5, 5.41) is 12.7. The molecular formula is C15H22N2O2. The summed E-state index contributed by atoms with van der Waals surface area (Å²) in [5.41, 5.74) is 6.26. The Labute approximate surface area is 114 Å². The highest BCUT2D eigenvalue weighted by atomic mass is 16.3. The van der Waals surface area contributed by atoms with Crippen molar-refractivity contribution in [2.75, 3.05) is 12.3 Å². The molecule has 104 valence electrons. The number of phenols is 1. The molecule has 4 heteroatoms. The van der Waals surface area contributed by atoms with Gasteiger partial charge in [-0.1, -0.05) is 32.3 Å². The van der Waals surface area contributed by atoms with Crippen molar-refractivity contribution in [3.8, 4) is 5.75 Å². The molecule has 0 heterocycles. The molecule has 0 bridgehead atoms. The van der Waals surface area contributed by atoms with Gasteiger partial charge >= 0.3 is 0 Å². The zero-order chi connectivity index (χ0) is 13.9. The normalized spacial score (nSPS) is 17.9. The second-order valence-electron chi connectivity index (χ2n) is 5.80. The van der Waals surface area contributed by atoms with Crippen molar-refractivity contribution in [1.29, 1.82) is 0 Å². The number of para-hydroxylation sites is 1. The number of hydrogen-bond acceptors (Lipinski definition) is 3. The van der Waals surface area contributed by atoms with Gasteiger partial charge in [-0.3, -0.25) is 4.79 Å². The molecule has 1 fully saturated rings. The number of nitrogens with one attached hydrogen (secondary N) is 1. The van der Waals surface area contributed by atoms with Gasteiger partial charge in [0.05, 0.1) is 11.3 Å². The number of carbonyl (C=O) groups excluding carboxylic acids is 1. The fraction of sp³-hybridized carbons (Fsp3) is 0.533. The molecule has 1 amide bonds. The molecule has 1 aromatic rings. The predicted octanol–water partition coefficient (Wildman–Crippen LogP) is 2.67. The van der Waals surface area contributed by atoms with Gasteiger partial charge in [0.25, 0.3) is 5.91 Å². The van der Waals surface area contributed by atoms with Crippen molar-refractivity contribution in [2.24, 2.45) is 5.41 Å². The summed E-state index contributed by atoms with van der Waals surface area (Å²) in [6.45, 7) is 2.87. The van der Waals surface area contributed by atoms with Gasteiger partial charge in [-0.05, 0) is 30.4 Å². The Morgan fingerprint density at radius 2 is 2.05 bits per heavy atom. The number of anilines is 1. The molecule has 2 rings (SSSR count). The molecule has 4 N–H and O–H groups in total. The topological polar surface area (TPSA) is 75.4 Å². The average molecular weight is 262 g/mol. The molecule has 19 heavy (non-hydrogen) atoms. The van der Waals surface area contributed by atoms with Crippen LogP contribution < -0.4 is 11.1 Å². The largest absolute Gasteiger partial charge is 0.505 e. The first-order valence-corrected chi connectivity index (χ1v) is 6.87. The standard InChI is InChI=1S/C15H22N2O2/c1-15(8-3-2-4-9-15)10-17-14(19)11-6-5-7-12(16)13(11)18/h5-7,18H,2-4,8-10,16H2,1H3,(H,17,19). The molecule has 0 unspecified atom stereocenters. The predicted molar refractivity (Wildman–Crippen MR) is 76.0 cm³/mol. The molecule has 0 aromatic heterocycles. The Kier molecular flexibility index (Phi) is 3.98. The highest BCUT2D eigenvalue weighted by molar-refractivity contribution is 5.98. The fourth-order valence-corrected chi connectivity index (χ4v) is 2.72. The summed E-state index contributed by atoms with van der Waals surface area (Å²) < 4.78 is 0. The monoisotopic (exact) mass is 262 g/mol. The highest BCUT2D eigenvalue weighted by Crippen LogP contribution is 2.35. The van der Waals surface area contributed by atoms with Crippen LogP contribution in [0.1, 0.15) is 49.4 Å². The molecule has 0 aliphatic heterocycles. The smallest absolute Gasteiger partial charge is 0.255 e. The van der Waals surface area contributed by atoms with Crippen molar-refractivity contribution in [2.45, 2.75) is 39.0 Å². The number of phenolic OH excluding ortho intramolecular Hbond substituents is 1. The van der Waals surface area contributed by atoms with Crippen LogP contribution in [-0.4, -0.2) is 17.6 Å². The van der Waals surface area contributed by atoms with Gasteiger partial charge in [0.2, 0.25) is 0 Å². The van der Waals surface area contributed by atoms with E-state index in [2.05, 4.69) is 12.2 Å². The molecule has 0 saturated heterocycles. The zero-order valence-corrected chi connectivity index (χ0v) is 11.4. The maximum atomic E-state index is 12.1. The van der Waals surface area contributed by atoms with E-state index in [1.165, 1.54) is 19.3 Å². The maximum absolute atomic E-state index is 12.1. The number of amides is 1. The number of carbonyl (C=O) groups is 1. The zero-order valence-electron chi connectivity index (χ0n) is 11.4. The average Bonchev–Trinajstić information content (AvgIpc) is 2.40. The van der Waals surface area contributed by atoms with Crippen LogP contribution in [0.2, 0.25) is 0 Å². The Morgan fingerprint density at radius 3 is 2.74 bits per heavy atom. The lowest BCUT2D eigenvalue weighted by Crippen LogP contribution is -2.37. The molecular weight excluding hydrogens is 240 g/mol. The van der Waals surface area contributed by atoms with E-state index in [4.69, 9.17) is 5.73 Å². The summed E-state index contributed by atoms with van der Waals surface area (Å²) in [4.78, 5) is 12.1. The van der Waals surface area contributed by atoms with Crippen LogP contribution in [0.15, 0.2) is 18.2 Å². The van der Waals surface area contributed by atoms with Crippen molar-refractivity contribution in [3.63, 3.8) is 0 Å². The first kappa shape index (κ1) is 13.7. The number of rotatable bonds is 3. The molecule has 4 nitrogen and oxygen atoms in total. The number of nitrogens with two attached hydrogens (primary N) is 1. The van der Waals surface area contributed by atoms with Gasteiger partial charge in [0.15, 0.2) is 5.75 Å². The number of hydrogen-bond donors (Lipinski definition) is 3. The van der Waals surface area contributed by atoms with Crippen LogP contribution >= 0.6 is 0 Å². The quantitative estimate of drug-likeness (QED) is 0.579. The van der Waals surface area contributed by atoms with Gasteiger partial charge in [-0.15, -0.1) is 0 Å². The highest BCUT2D eigenvalue weighted by Gasteiger charge is 2.27. The van der Waals surface area contributed by atoms with Crippen molar-refractivity contribution in [3.05, 3.63) is 23.8 Å². The molecule has 1 saturated carbocycles. The minimum atomic E-state index is -0.253. The Morgan fingerprint density at radius 1 is 1.37 bits per heavy atom. The third kappa shape index (κ3) is 3.19. The lowest BCUT2D eigenvalue weighted by Gasteiger charge is -2.33. The van der Waals surface area contributed by atoms with E-state index < -0.39 is 0 Å².